The summed E-state index contributed by atoms with van der Waals surface area (Å²) < 4.78 is 0. The average molecular weight is 255 g/mol. The monoisotopic (exact) mass is 255 g/mol. The quantitative estimate of drug-likeness (QED) is 0.781. The number of benzene rings is 1. The van der Waals surface area contributed by atoms with E-state index in [1.165, 1.54) is 0 Å². The van der Waals surface area contributed by atoms with Crippen molar-refractivity contribution in [2.75, 3.05) is 4.90 Å². The molecule has 1 heterocycles. The number of hydrogen-bond donors (Lipinski definition) is 1. The van der Waals surface area contributed by atoms with Crippen molar-refractivity contribution in [3.63, 3.8) is 0 Å². The van der Waals surface area contributed by atoms with E-state index in [4.69, 9.17) is 0 Å². The summed E-state index contributed by atoms with van der Waals surface area (Å²) in [6, 6.07) is 7.81. The molecule has 1 saturated heterocycles. The van der Waals surface area contributed by atoms with E-state index in [0.717, 1.165) is 17.7 Å². The first kappa shape index (κ1) is 11.2. The number of rotatable bonds is 1. The van der Waals surface area contributed by atoms with Gasteiger partial charge in [-0.05, 0) is 37.3 Å². The van der Waals surface area contributed by atoms with Gasteiger partial charge in [0, 0.05) is 11.6 Å². The Morgan fingerprint density at radius 1 is 1.16 bits per heavy atom. The van der Waals surface area contributed by atoms with E-state index < -0.39 is 6.23 Å². The van der Waals surface area contributed by atoms with Gasteiger partial charge in [-0.25, -0.2) is 0 Å². The number of aliphatic hydroxyl groups excluding tert-OH is 1. The van der Waals surface area contributed by atoms with E-state index in [0.29, 0.717) is 11.8 Å². The highest BCUT2D eigenvalue weighted by Gasteiger charge is 2.59. The summed E-state index contributed by atoms with van der Waals surface area (Å²) in [4.78, 5) is 14.2. The van der Waals surface area contributed by atoms with Crippen LogP contribution in [0.3, 0.4) is 0 Å². The molecule has 2 bridgehead atoms. The lowest BCUT2D eigenvalue weighted by Crippen LogP contribution is -2.36. The topological polar surface area (TPSA) is 40.5 Å². The molecule has 1 aromatic rings. The Kier molecular flexibility index (Phi) is 2.19. The lowest BCUT2D eigenvalue weighted by molar-refractivity contribution is -0.121. The molecule has 1 N–H and O–H groups in total. The molecule has 5 atom stereocenters. The third-order valence-corrected chi connectivity index (χ3v) is 4.96. The Hall–Kier alpha value is -1.61. The number of nitrogens with zero attached hydrogens (tertiary/aromatic N) is 1. The Morgan fingerprint density at radius 3 is 2.53 bits per heavy atom. The number of carbonyl (C=O) groups is 1. The van der Waals surface area contributed by atoms with Crippen LogP contribution in [-0.2, 0) is 4.79 Å². The first-order valence-corrected chi connectivity index (χ1v) is 6.93. The number of hydrogen-bond acceptors (Lipinski definition) is 2. The summed E-state index contributed by atoms with van der Waals surface area (Å²) in [7, 11) is 0. The van der Waals surface area contributed by atoms with Crippen molar-refractivity contribution >= 4 is 11.6 Å². The van der Waals surface area contributed by atoms with E-state index >= 15 is 0 Å². The fourth-order valence-electron chi connectivity index (χ4n) is 4.06. The number of aryl methyl sites for hydroxylation is 1. The largest absolute Gasteiger partial charge is 0.373 e. The fourth-order valence-corrected chi connectivity index (χ4v) is 4.06. The van der Waals surface area contributed by atoms with Crippen LogP contribution in [0.4, 0.5) is 5.69 Å². The summed E-state index contributed by atoms with van der Waals surface area (Å²) >= 11 is 0. The first-order chi connectivity index (χ1) is 9.16. The van der Waals surface area contributed by atoms with Crippen LogP contribution in [0.15, 0.2) is 36.4 Å². The lowest BCUT2D eigenvalue weighted by Gasteiger charge is -2.25. The van der Waals surface area contributed by atoms with Gasteiger partial charge in [0.25, 0.3) is 0 Å². The summed E-state index contributed by atoms with van der Waals surface area (Å²) in [5, 5.41) is 10.5. The average Bonchev–Trinajstić information content (AvgIpc) is 3.06. The molecule has 1 saturated carbocycles. The number of anilines is 1. The molecule has 0 unspecified atom stereocenters. The molecule has 2 aliphatic carbocycles. The highest BCUT2D eigenvalue weighted by molar-refractivity contribution is 5.99. The van der Waals surface area contributed by atoms with Crippen molar-refractivity contribution in [3.05, 3.63) is 42.0 Å². The van der Waals surface area contributed by atoms with Gasteiger partial charge in [-0.3, -0.25) is 9.69 Å². The van der Waals surface area contributed by atoms with E-state index in [-0.39, 0.29) is 17.7 Å². The van der Waals surface area contributed by atoms with Crippen LogP contribution in [0, 0.1) is 30.6 Å². The highest BCUT2D eigenvalue weighted by Crippen LogP contribution is 2.54. The van der Waals surface area contributed by atoms with Crippen molar-refractivity contribution in [2.24, 2.45) is 23.7 Å². The van der Waals surface area contributed by atoms with Crippen LogP contribution < -0.4 is 4.90 Å². The molecule has 19 heavy (non-hydrogen) atoms. The molecular weight excluding hydrogens is 238 g/mol. The maximum atomic E-state index is 12.6. The molecule has 1 aromatic carbocycles. The van der Waals surface area contributed by atoms with E-state index in [9.17, 15) is 9.90 Å². The zero-order valence-electron chi connectivity index (χ0n) is 10.9. The second kappa shape index (κ2) is 3.70. The molecule has 2 fully saturated rings. The van der Waals surface area contributed by atoms with Gasteiger partial charge in [0.1, 0.15) is 6.23 Å². The summed E-state index contributed by atoms with van der Waals surface area (Å²) in [6.45, 7) is 2.02. The third-order valence-electron chi connectivity index (χ3n) is 4.96. The normalized spacial score (nSPS) is 39.2. The molecule has 0 spiro atoms. The maximum absolute atomic E-state index is 12.6. The van der Waals surface area contributed by atoms with Crippen LogP contribution in [-0.4, -0.2) is 17.2 Å². The summed E-state index contributed by atoms with van der Waals surface area (Å²) in [5.74, 6) is 0.894. The van der Waals surface area contributed by atoms with Gasteiger partial charge in [-0.2, -0.15) is 0 Å². The minimum absolute atomic E-state index is 0.00805. The minimum atomic E-state index is -0.667. The zero-order chi connectivity index (χ0) is 13.1. The van der Waals surface area contributed by atoms with Gasteiger partial charge in [0.2, 0.25) is 5.91 Å². The van der Waals surface area contributed by atoms with E-state index in [2.05, 4.69) is 12.2 Å². The van der Waals surface area contributed by atoms with Crippen molar-refractivity contribution in [2.45, 2.75) is 19.6 Å². The van der Waals surface area contributed by atoms with Gasteiger partial charge < -0.3 is 5.11 Å². The Labute approximate surface area is 112 Å². The maximum Gasteiger partial charge on any atom is 0.233 e. The Bertz CT molecular complexity index is 563. The second-order valence-corrected chi connectivity index (χ2v) is 6.01. The van der Waals surface area contributed by atoms with Crippen molar-refractivity contribution < 1.29 is 9.90 Å². The van der Waals surface area contributed by atoms with Gasteiger partial charge in [-0.15, -0.1) is 0 Å². The zero-order valence-corrected chi connectivity index (χ0v) is 10.9. The predicted molar refractivity (Wildman–Crippen MR) is 72.4 cm³/mol. The van der Waals surface area contributed by atoms with Crippen LogP contribution in [0.5, 0.6) is 0 Å². The van der Waals surface area contributed by atoms with Gasteiger partial charge in [-0.1, -0.05) is 29.8 Å². The minimum Gasteiger partial charge on any atom is -0.373 e. The predicted octanol–water partition coefficient (Wildman–Crippen LogP) is 2.10. The van der Waals surface area contributed by atoms with Crippen LogP contribution in [0.25, 0.3) is 0 Å². The number of fused-ring (bicyclic) bond motifs is 5. The molecule has 98 valence electrons. The van der Waals surface area contributed by atoms with Gasteiger partial charge >= 0.3 is 0 Å². The van der Waals surface area contributed by atoms with Crippen LogP contribution >= 0.6 is 0 Å². The smallest absolute Gasteiger partial charge is 0.233 e. The van der Waals surface area contributed by atoms with Crippen molar-refractivity contribution in [1.29, 1.82) is 0 Å². The van der Waals surface area contributed by atoms with Crippen molar-refractivity contribution in [1.82, 2.24) is 0 Å². The van der Waals surface area contributed by atoms with Gasteiger partial charge in [0.15, 0.2) is 0 Å². The highest BCUT2D eigenvalue weighted by atomic mass is 16.3. The molecule has 1 amide bonds. The number of amides is 1. The van der Waals surface area contributed by atoms with Crippen LogP contribution in [0.2, 0.25) is 0 Å². The van der Waals surface area contributed by atoms with E-state index in [1.807, 2.05) is 31.2 Å². The van der Waals surface area contributed by atoms with Crippen LogP contribution in [0.1, 0.15) is 12.0 Å². The molecule has 1 aliphatic heterocycles. The number of allylic oxidation sites excluding steroid dienone is 2. The molecule has 0 aromatic heterocycles. The summed E-state index contributed by atoms with van der Waals surface area (Å²) in [5.41, 5.74) is 1.98. The molecule has 0 radical (unpaired) electrons. The SMILES string of the molecule is Cc1ccc(N2C(=O)[C@H]3[C@@H]([C@H]4C=C[C@H]3C4)[C@@H]2O)cc1. The number of aliphatic hydroxyl groups is 1. The molecule has 3 heteroatoms. The van der Waals surface area contributed by atoms with Crippen molar-refractivity contribution in [3.8, 4) is 0 Å². The molecular formula is C16H17NO2. The fraction of sp³-hybridized carbons (Fsp3) is 0.438. The molecule has 3 aliphatic rings. The lowest BCUT2D eigenvalue weighted by atomic mass is 9.85. The Morgan fingerprint density at radius 2 is 1.84 bits per heavy atom. The van der Waals surface area contributed by atoms with Gasteiger partial charge in [0.05, 0.1) is 5.92 Å². The number of carbonyl (C=O) groups excluding carboxylic acids is 1. The second-order valence-electron chi connectivity index (χ2n) is 6.01. The standard InChI is InChI=1S/C16H17NO2/c1-9-2-6-12(7-3-9)17-15(18)13-10-4-5-11(8-10)14(13)16(17)19/h2-7,10-11,13-15,18H,8H2,1H3/t10-,11-,13+,14+,15-/m0/s1. The molecule has 3 nitrogen and oxygen atoms in total. The Balaban J connectivity index is 1.72. The van der Waals surface area contributed by atoms with E-state index in [1.54, 1.807) is 4.90 Å². The third kappa shape index (κ3) is 1.39. The summed E-state index contributed by atoms with van der Waals surface area (Å²) in [6.07, 6.45) is 4.72. The molecule has 4 rings (SSSR count). The first-order valence-electron chi connectivity index (χ1n) is 6.93.